The minimum atomic E-state index is -0.528. The summed E-state index contributed by atoms with van der Waals surface area (Å²) in [5.74, 6) is 0. The molecular weight excluding hydrogens is 202 g/mol. The Morgan fingerprint density at radius 2 is 1.94 bits per heavy atom. The van der Waals surface area contributed by atoms with Gasteiger partial charge >= 0.3 is 0 Å². The molecule has 90 valence electrons. The number of aliphatic hydroxyl groups excluding tert-OH is 1. The van der Waals surface area contributed by atoms with Crippen LogP contribution in [0.4, 0.5) is 0 Å². The molecule has 0 aromatic heterocycles. The van der Waals surface area contributed by atoms with Crippen LogP contribution in [-0.4, -0.2) is 30.9 Å². The topological polar surface area (TPSA) is 41.5 Å². The molecule has 3 heteroatoms. The lowest BCUT2D eigenvalue weighted by molar-refractivity contribution is 0.0369. The maximum absolute atomic E-state index is 9.78. The average Bonchev–Trinajstić information content (AvgIpc) is 2.29. The van der Waals surface area contributed by atoms with E-state index in [0.717, 1.165) is 12.1 Å². The van der Waals surface area contributed by atoms with Crippen molar-refractivity contribution in [3.8, 4) is 0 Å². The van der Waals surface area contributed by atoms with E-state index in [-0.39, 0.29) is 0 Å². The Balaban J connectivity index is 2.14. The van der Waals surface area contributed by atoms with Gasteiger partial charge in [-0.05, 0) is 5.56 Å². The average molecular weight is 223 g/mol. The number of rotatable bonds is 7. The predicted octanol–water partition coefficient (Wildman–Crippen LogP) is 1.73. The normalized spacial score (nSPS) is 13.0. The molecule has 0 fully saturated rings. The minimum Gasteiger partial charge on any atom is -0.386 e. The van der Waals surface area contributed by atoms with Gasteiger partial charge in [0.2, 0.25) is 0 Å². The summed E-state index contributed by atoms with van der Waals surface area (Å²) in [6.07, 6.45) is -0.528. The standard InChI is InChI=1S/C13H21NO2/c1-11(2)14-8-9-16-10-13(15)12-6-4-3-5-7-12/h3-7,11,13-15H,8-10H2,1-2H3. The van der Waals surface area contributed by atoms with Crippen LogP contribution in [0.15, 0.2) is 30.3 Å². The molecule has 16 heavy (non-hydrogen) atoms. The van der Waals surface area contributed by atoms with Gasteiger partial charge in [0.25, 0.3) is 0 Å². The van der Waals surface area contributed by atoms with Crippen LogP contribution < -0.4 is 5.32 Å². The number of ether oxygens (including phenoxy) is 1. The first-order valence-corrected chi connectivity index (χ1v) is 5.74. The number of benzene rings is 1. The van der Waals surface area contributed by atoms with Gasteiger partial charge in [0.1, 0.15) is 6.10 Å². The first-order valence-electron chi connectivity index (χ1n) is 5.74. The van der Waals surface area contributed by atoms with Crippen LogP contribution in [0.5, 0.6) is 0 Å². The van der Waals surface area contributed by atoms with Crippen LogP contribution >= 0.6 is 0 Å². The molecule has 3 nitrogen and oxygen atoms in total. The zero-order chi connectivity index (χ0) is 11.8. The molecule has 1 aromatic rings. The van der Waals surface area contributed by atoms with E-state index in [9.17, 15) is 5.11 Å². The number of hydrogen-bond donors (Lipinski definition) is 2. The molecule has 1 rings (SSSR count). The lowest BCUT2D eigenvalue weighted by Gasteiger charge is -2.12. The van der Waals surface area contributed by atoms with Crippen LogP contribution in [0, 0.1) is 0 Å². The molecule has 0 saturated heterocycles. The summed E-state index contributed by atoms with van der Waals surface area (Å²) in [6.45, 7) is 5.99. The molecule has 0 bridgehead atoms. The van der Waals surface area contributed by atoms with Crippen LogP contribution in [0.1, 0.15) is 25.5 Å². The summed E-state index contributed by atoms with van der Waals surface area (Å²) in [5.41, 5.74) is 0.902. The van der Waals surface area contributed by atoms with Crippen molar-refractivity contribution in [2.75, 3.05) is 19.8 Å². The Morgan fingerprint density at radius 3 is 2.56 bits per heavy atom. The molecule has 0 aliphatic carbocycles. The highest BCUT2D eigenvalue weighted by Crippen LogP contribution is 2.11. The highest BCUT2D eigenvalue weighted by Gasteiger charge is 2.06. The zero-order valence-electron chi connectivity index (χ0n) is 10.0. The Kier molecular flexibility index (Phi) is 6.08. The minimum absolute atomic E-state index is 0.351. The fourth-order valence-corrected chi connectivity index (χ4v) is 1.39. The maximum Gasteiger partial charge on any atom is 0.102 e. The quantitative estimate of drug-likeness (QED) is 0.692. The summed E-state index contributed by atoms with van der Waals surface area (Å²) in [4.78, 5) is 0. The van der Waals surface area contributed by atoms with Gasteiger partial charge in [-0.1, -0.05) is 44.2 Å². The molecule has 0 aliphatic heterocycles. The summed E-state index contributed by atoms with van der Waals surface area (Å²) < 4.78 is 5.39. The van der Waals surface area contributed by atoms with Gasteiger partial charge in [-0.15, -0.1) is 0 Å². The van der Waals surface area contributed by atoms with Gasteiger partial charge in [0.05, 0.1) is 13.2 Å². The molecule has 0 saturated carbocycles. The van der Waals surface area contributed by atoms with E-state index in [1.165, 1.54) is 0 Å². The highest BCUT2D eigenvalue weighted by atomic mass is 16.5. The number of hydrogen-bond acceptors (Lipinski definition) is 3. The smallest absolute Gasteiger partial charge is 0.102 e. The monoisotopic (exact) mass is 223 g/mol. The molecule has 0 amide bonds. The molecule has 0 spiro atoms. The Hall–Kier alpha value is -0.900. The largest absolute Gasteiger partial charge is 0.386 e. The van der Waals surface area contributed by atoms with Crippen molar-refractivity contribution in [3.05, 3.63) is 35.9 Å². The number of aliphatic hydroxyl groups is 1. The second-order valence-corrected chi connectivity index (χ2v) is 4.11. The van der Waals surface area contributed by atoms with E-state index >= 15 is 0 Å². The highest BCUT2D eigenvalue weighted by molar-refractivity contribution is 5.17. The SMILES string of the molecule is CC(C)NCCOCC(O)c1ccccc1. The van der Waals surface area contributed by atoms with Crippen molar-refractivity contribution in [1.29, 1.82) is 0 Å². The van der Waals surface area contributed by atoms with E-state index < -0.39 is 6.10 Å². The fraction of sp³-hybridized carbons (Fsp3) is 0.538. The van der Waals surface area contributed by atoms with E-state index in [4.69, 9.17) is 4.74 Å². The van der Waals surface area contributed by atoms with Gasteiger partial charge in [0.15, 0.2) is 0 Å². The number of nitrogens with one attached hydrogen (secondary N) is 1. The molecule has 2 N–H and O–H groups in total. The van der Waals surface area contributed by atoms with Crippen molar-refractivity contribution in [1.82, 2.24) is 5.32 Å². The van der Waals surface area contributed by atoms with Gasteiger partial charge in [-0.3, -0.25) is 0 Å². The third kappa shape index (κ3) is 5.26. The first kappa shape index (κ1) is 13.2. The Morgan fingerprint density at radius 1 is 1.25 bits per heavy atom. The molecular formula is C13H21NO2. The Labute approximate surface area is 97.4 Å². The van der Waals surface area contributed by atoms with E-state index in [0.29, 0.717) is 19.3 Å². The molecule has 1 atom stereocenters. The third-order valence-corrected chi connectivity index (χ3v) is 2.26. The second-order valence-electron chi connectivity index (χ2n) is 4.11. The van der Waals surface area contributed by atoms with Crippen molar-refractivity contribution >= 4 is 0 Å². The Bertz CT molecular complexity index is 275. The van der Waals surface area contributed by atoms with Crippen molar-refractivity contribution in [2.45, 2.75) is 26.0 Å². The maximum atomic E-state index is 9.78. The summed E-state index contributed by atoms with van der Waals surface area (Å²) in [5, 5.41) is 13.0. The summed E-state index contributed by atoms with van der Waals surface area (Å²) in [7, 11) is 0. The summed E-state index contributed by atoms with van der Waals surface area (Å²) >= 11 is 0. The molecule has 1 unspecified atom stereocenters. The van der Waals surface area contributed by atoms with Gasteiger partial charge in [0, 0.05) is 12.6 Å². The fourth-order valence-electron chi connectivity index (χ4n) is 1.39. The summed E-state index contributed by atoms with van der Waals surface area (Å²) in [6, 6.07) is 10.0. The van der Waals surface area contributed by atoms with Gasteiger partial charge in [-0.2, -0.15) is 0 Å². The molecule has 1 aromatic carbocycles. The van der Waals surface area contributed by atoms with E-state index in [2.05, 4.69) is 19.2 Å². The molecule has 0 heterocycles. The van der Waals surface area contributed by atoms with E-state index in [1.807, 2.05) is 30.3 Å². The van der Waals surface area contributed by atoms with Crippen LogP contribution in [0.3, 0.4) is 0 Å². The van der Waals surface area contributed by atoms with Gasteiger partial charge < -0.3 is 15.2 Å². The van der Waals surface area contributed by atoms with Crippen molar-refractivity contribution in [3.63, 3.8) is 0 Å². The van der Waals surface area contributed by atoms with Crippen molar-refractivity contribution in [2.24, 2.45) is 0 Å². The van der Waals surface area contributed by atoms with Gasteiger partial charge in [-0.25, -0.2) is 0 Å². The third-order valence-electron chi connectivity index (χ3n) is 2.26. The molecule has 0 aliphatic rings. The van der Waals surface area contributed by atoms with Crippen LogP contribution in [0.25, 0.3) is 0 Å². The lowest BCUT2D eigenvalue weighted by atomic mass is 10.1. The van der Waals surface area contributed by atoms with Crippen molar-refractivity contribution < 1.29 is 9.84 Å². The van der Waals surface area contributed by atoms with Crippen LogP contribution in [0.2, 0.25) is 0 Å². The zero-order valence-corrected chi connectivity index (χ0v) is 10.0. The van der Waals surface area contributed by atoms with Crippen LogP contribution in [-0.2, 0) is 4.74 Å². The lowest BCUT2D eigenvalue weighted by Crippen LogP contribution is -2.27. The predicted molar refractivity (Wildman–Crippen MR) is 65.4 cm³/mol. The molecule has 0 radical (unpaired) electrons. The second kappa shape index (κ2) is 7.39. The van der Waals surface area contributed by atoms with E-state index in [1.54, 1.807) is 0 Å². The first-order chi connectivity index (χ1) is 7.70.